The van der Waals surface area contributed by atoms with E-state index in [-0.39, 0.29) is 11.7 Å². The highest BCUT2D eigenvalue weighted by atomic mass is 79.9. The quantitative estimate of drug-likeness (QED) is 0.795. The van der Waals surface area contributed by atoms with E-state index in [1.54, 1.807) is 0 Å². The largest absolute Gasteiger partial charge is 0.337 e. The van der Waals surface area contributed by atoms with E-state index in [1.165, 1.54) is 18.2 Å². The van der Waals surface area contributed by atoms with Crippen LogP contribution < -0.4 is 0 Å². The highest BCUT2D eigenvalue weighted by Gasteiger charge is 2.20. The first-order valence-electron chi connectivity index (χ1n) is 5.00. The summed E-state index contributed by atoms with van der Waals surface area (Å²) in [4.78, 5) is 13.9. The molecule has 1 aromatic rings. The number of amides is 1. The van der Waals surface area contributed by atoms with Gasteiger partial charge in [0.1, 0.15) is 5.82 Å². The number of nitrogens with zero attached hydrogens (tertiary/aromatic N) is 1. The molecule has 86 valence electrons. The fourth-order valence-electron chi connectivity index (χ4n) is 1.60. The van der Waals surface area contributed by atoms with Gasteiger partial charge in [-0.25, -0.2) is 4.39 Å². The molecule has 0 N–H and O–H groups in total. The molecule has 1 fully saturated rings. The minimum absolute atomic E-state index is 0.0211. The minimum Gasteiger partial charge on any atom is -0.337 e. The smallest absolute Gasteiger partial charge is 0.255 e. The number of carbonyl (C=O) groups is 1. The molecule has 1 saturated heterocycles. The summed E-state index contributed by atoms with van der Waals surface area (Å²) in [5.41, 5.74) is 0.535. The van der Waals surface area contributed by atoms with Crippen LogP contribution in [0.25, 0.3) is 0 Å². The Morgan fingerprint density at radius 1 is 1.38 bits per heavy atom. The van der Waals surface area contributed by atoms with Crippen LogP contribution in [0.1, 0.15) is 10.4 Å². The molecule has 5 heteroatoms. The molecule has 0 saturated carbocycles. The van der Waals surface area contributed by atoms with E-state index in [9.17, 15) is 9.18 Å². The molecule has 2 rings (SSSR count). The van der Waals surface area contributed by atoms with Gasteiger partial charge in [-0.15, -0.1) is 0 Å². The predicted molar refractivity (Wildman–Crippen MR) is 67.3 cm³/mol. The summed E-state index contributed by atoms with van der Waals surface area (Å²) >= 11 is 5.07. The van der Waals surface area contributed by atoms with E-state index in [1.807, 2.05) is 16.7 Å². The molecule has 1 heterocycles. The van der Waals surface area contributed by atoms with Gasteiger partial charge < -0.3 is 4.90 Å². The molecule has 2 nitrogen and oxygen atoms in total. The Morgan fingerprint density at radius 2 is 2.06 bits per heavy atom. The Morgan fingerprint density at radius 3 is 2.69 bits per heavy atom. The van der Waals surface area contributed by atoms with Gasteiger partial charge in [-0.1, -0.05) is 0 Å². The third-order valence-corrected chi connectivity index (χ3v) is 4.06. The lowest BCUT2D eigenvalue weighted by Gasteiger charge is -2.26. The van der Waals surface area contributed by atoms with Crippen LogP contribution in [-0.4, -0.2) is 35.4 Å². The van der Waals surface area contributed by atoms with Gasteiger partial charge in [-0.05, 0) is 34.1 Å². The monoisotopic (exact) mass is 303 g/mol. The Balaban J connectivity index is 2.19. The van der Waals surface area contributed by atoms with Crippen molar-refractivity contribution in [2.24, 2.45) is 0 Å². The molecule has 0 radical (unpaired) electrons. The fourth-order valence-corrected chi connectivity index (χ4v) is 3.02. The predicted octanol–water partition coefficient (Wildman–Crippen LogP) is 2.78. The van der Waals surface area contributed by atoms with E-state index >= 15 is 0 Å². The zero-order valence-electron chi connectivity index (χ0n) is 8.58. The van der Waals surface area contributed by atoms with Crippen LogP contribution in [0.3, 0.4) is 0 Å². The number of thioether (sulfide) groups is 1. The van der Waals surface area contributed by atoms with Crippen molar-refractivity contribution in [3.8, 4) is 0 Å². The summed E-state index contributed by atoms with van der Waals surface area (Å²) < 4.78 is 13.4. The lowest BCUT2D eigenvalue weighted by atomic mass is 10.2. The van der Waals surface area contributed by atoms with Crippen molar-refractivity contribution in [1.82, 2.24) is 4.90 Å². The minimum atomic E-state index is -0.336. The molecule has 1 amide bonds. The van der Waals surface area contributed by atoms with E-state index in [0.717, 1.165) is 24.6 Å². The van der Waals surface area contributed by atoms with E-state index < -0.39 is 0 Å². The lowest BCUT2D eigenvalue weighted by Crippen LogP contribution is -2.38. The molecule has 0 bridgehead atoms. The molecule has 16 heavy (non-hydrogen) atoms. The normalized spacial score (nSPS) is 16.2. The molecular weight excluding hydrogens is 293 g/mol. The Labute approximate surface area is 106 Å². The van der Waals surface area contributed by atoms with Crippen LogP contribution in [0.15, 0.2) is 22.7 Å². The van der Waals surface area contributed by atoms with Gasteiger partial charge in [-0.2, -0.15) is 11.8 Å². The lowest BCUT2D eigenvalue weighted by molar-refractivity contribution is 0.0771. The van der Waals surface area contributed by atoms with Crippen LogP contribution in [0.5, 0.6) is 0 Å². The van der Waals surface area contributed by atoms with Gasteiger partial charge in [-0.3, -0.25) is 4.79 Å². The van der Waals surface area contributed by atoms with E-state index in [0.29, 0.717) is 10.0 Å². The van der Waals surface area contributed by atoms with E-state index in [2.05, 4.69) is 15.9 Å². The number of benzene rings is 1. The third kappa shape index (κ3) is 2.58. The SMILES string of the molecule is O=C(c1ccc(F)cc1Br)N1CCSCC1. The maximum absolute atomic E-state index is 12.9. The third-order valence-electron chi connectivity index (χ3n) is 2.46. The highest BCUT2D eigenvalue weighted by Crippen LogP contribution is 2.21. The maximum Gasteiger partial charge on any atom is 0.255 e. The van der Waals surface area contributed by atoms with Gasteiger partial charge >= 0.3 is 0 Å². The molecule has 0 aromatic heterocycles. The van der Waals surface area contributed by atoms with Crippen molar-refractivity contribution in [3.63, 3.8) is 0 Å². The van der Waals surface area contributed by atoms with Gasteiger partial charge in [0.2, 0.25) is 0 Å². The van der Waals surface area contributed by atoms with Crippen LogP contribution in [0.4, 0.5) is 4.39 Å². The average molecular weight is 304 g/mol. The first-order chi connectivity index (χ1) is 7.68. The molecule has 1 aromatic carbocycles. The molecule has 1 aliphatic heterocycles. The molecule has 0 spiro atoms. The molecule has 0 atom stereocenters. The summed E-state index contributed by atoms with van der Waals surface area (Å²) in [6.07, 6.45) is 0. The molecular formula is C11H11BrFNOS. The Kier molecular flexibility index (Phi) is 3.86. The Hall–Kier alpha value is -0.550. The zero-order valence-corrected chi connectivity index (χ0v) is 11.0. The second kappa shape index (κ2) is 5.19. The highest BCUT2D eigenvalue weighted by molar-refractivity contribution is 9.10. The standard InChI is InChI=1S/C11H11BrFNOS/c12-10-7-8(13)1-2-9(10)11(15)14-3-5-16-6-4-14/h1-2,7H,3-6H2. The summed E-state index contributed by atoms with van der Waals surface area (Å²) in [5, 5.41) is 0. The second-order valence-electron chi connectivity index (χ2n) is 3.53. The van der Waals surface area contributed by atoms with Crippen molar-refractivity contribution in [3.05, 3.63) is 34.1 Å². The summed E-state index contributed by atoms with van der Waals surface area (Å²) in [7, 11) is 0. The second-order valence-corrected chi connectivity index (χ2v) is 5.61. The fraction of sp³-hybridized carbons (Fsp3) is 0.364. The zero-order chi connectivity index (χ0) is 11.5. The summed E-state index contributed by atoms with van der Waals surface area (Å²) in [6, 6.07) is 4.17. The number of rotatable bonds is 1. The number of halogens is 2. The van der Waals surface area contributed by atoms with E-state index in [4.69, 9.17) is 0 Å². The van der Waals surface area contributed by atoms with Crippen LogP contribution >= 0.6 is 27.7 Å². The first kappa shape index (κ1) is 11.9. The topological polar surface area (TPSA) is 20.3 Å². The average Bonchev–Trinajstić information content (AvgIpc) is 2.29. The molecule has 0 unspecified atom stereocenters. The van der Waals surface area contributed by atoms with Gasteiger partial charge in [0.05, 0.1) is 5.56 Å². The van der Waals surface area contributed by atoms with Crippen molar-refractivity contribution < 1.29 is 9.18 Å². The van der Waals surface area contributed by atoms with Crippen LogP contribution in [-0.2, 0) is 0 Å². The van der Waals surface area contributed by atoms with Gasteiger partial charge in [0.25, 0.3) is 5.91 Å². The van der Waals surface area contributed by atoms with Crippen LogP contribution in [0.2, 0.25) is 0 Å². The molecule has 0 aliphatic carbocycles. The summed E-state index contributed by atoms with van der Waals surface area (Å²) in [6.45, 7) is 1.54. The van der Waals surface area contributed by atoms with Crippen molar-refractivity contribution in [1.29, 1.82) is 0 Å². The number of carbonyl (C=O) groups excluding carboxylic acids is 1. The molecule has 1 aliphatic rings. The van der Waals surface area contributed by atoms with Crippen molar-refractivity contribution in [2.45, 2.75) is 0 Å². The number of hydrogen-bond donors (Lipinski definition) is 0. The first-order valence-corrected chi connectivity index (χ1v) is 6.95. The maximum atomic E-state index is 12.9. The number of hydrogen-bond acceptors (Lipinski definition) is 2. The van der Waals surface area contributed by atoms with Crippen molar-refractivity contribution in [2.75, 3.05) is 24.6 Å². The van der Waals surface area contributed by atoms with Gasteiger partial charge in [0.15, 0.2) is 0 Å². The van der Waals surface area contributed by atoms with Crippen molar-refractivity contribution >= 4 is 33.6 Å². The Bertz CT molecular complexity index is 407. The van der Waals surface area contributed by atoms with Gasteiger partial charge in [0, 0.05) is 29.1 Å². The van der Waals surface area contributed by atoms with Crippen LogP contribution in [0, 0.1) is 5.82 Å². The summed E-state index contributed by atoms with van der Waals surface area (Å²) in [5.74, 6) is 1.60.